The minimum atomic E-state index is -0.453. The Morgan fingerprint density at radius 2 is 2.06 bits per heavy atom. The number of nitrogens with one attached hydrogen (secondary N) is 1. The van der Waals surface area contributed by atoms with Gasteiger partial charge in [-0.2, -0.15) is 0 Å². The fourth-order valence-electron chi connectivity index (χ4n) is 1.32. The van der Waals surface area contributed by atoms with E-state index in [0.717, 1.165) is 5.56 Å². The molecule has 0 saturated carbocycles. The maximum absolute atomic E-state index is 11.2. The van der Waals surface area contributed by atoms with Gasteiger partial charge < -0.3 is 14.5 Å². The fourth-order valence-corrected chi connectivity index (χ4v) is 1.32. The number of aromatic amines is 1. The first-order valence-corrected chi connectivity index (χ1v) is 4.88. The van der Waals surface area contributed by atoms with Gasteiger partial charge in [0.25, 0.3) is 0 Å². The molecule has 2 heterocycles. The number of carbonyl (C=O) groups is 1. The third-order valence-corrected chi connectivity index (χ3v) is 2.20. The molecule has 2 rings (SSSR count). The Hall–Kier alpha value is -2.37. The average molecular weight is 233 g/mol. The molecule has 1 N–H and O–H groups in total. The molecule has 0 aliphatic rings. The van der Waals surface area contributed by atoms with Crippen molar-refractivity contribution in [2.24, 2.45) is 0 Å². The monoisotopic (exact) mass is 233 g/mol. The van der Waals surface area contributed by atoms with Gasteiger partial charge in [-0.15, -0.1) is 0 Å². The van der Waals surface area contributed by atoms with E-state index in [0.29, 0.717) is 17.4 Å². The van der Waals surface area contributed by atoms with Crippen molar-refractivity contribution in [3.8, 4) is 17.3 Å². The van der Waals surface area contributed by atoms with E-state index < -0.39 is 5.97 Å². The fraction of sp³-hybridized carbons (Fsp3) is 0.182. The van der Waals surface area contributed by atoms with E-state index in [4.69, 9.17) is 4.74 Å². The summed E-state index contributed by atoms with van der Waals surface area (Å²) in [5, 5.41) is 0. The molecule has 0 atom stereocenters. The number of rotatable bonds is 3. The number of imidazole rings is 1. The van der Waals surface area contributed by atoms with Crippen LogP contribution in [0.3, 0.4) is 0 Å². The normalized spacial score (nSPS) is 10.0. The lowest BCUT2D eigenvalue weighted by atomic mass is 10.3. The van der Waals surface area contributed by atoms with E-state index in [1.165, 1.54) is 13.3 Å². The number of esters is 1. The predicted molar refractivity (Wildman–Crippen MR) is 59.7 cm³/mol. The molecule has 0 spiro atoms. The van der Waals surface area contributed by atoms with Crippen molar-refractivity contribution >= 4 is 5.97 Å². The molecule has 0 amide bonds. The molecule has 2 aromatic heterocycles. The Balaban J connectivity index is 2.27. The highest BCUT2D eigenvalue weighted by molar-refractivity contribution is 5.87. The van der Waals surface area contributed by atoms with Crippen LogP contribution < -0.4 is 4.74 Å². The zero-order valence-corrected chi connectivity index (χ0v) is 9.43. The van der Waals surface area contributed by atoms with Crippen LogP contribution in [0.5, 0.6) is 5.88 Å². The molecular formula is C11H11N3O3. The van der Waals surface area contributed by atoms with Crippen LogP contribution >= 0.6 is 0 Å². The average Bonchev–Trinajstić information content (AvgIpc) is 2.87. The van der Waals surface area contributed by atoms with Crippen LogP contribution in [0, 0.1) is 0 Å². The molecule has 0 fully saturated rings. The maximum Gasteiger partial charge on any atom is 0.356 e. The van der Waals surface area contributed by atoms with Crippen molar-refractivity contribution in [2.75, 3.05) is 14.2 Å². The summed E-state index contributed by atoms with van der Waals surface area (Å²) in [6.07, 6.45) is 3.03. The van der Waals surface area contributed by atoms with Gasteiger partial charge >= 0.3 is 5.97 Å². The van der Waals surface area contributed by atoms with E-state index in [-0.39, 0.29) is 0 Å². The van der Waals surface area contributed by atoms with Crippen LogP contribution in [0.2, 0.25) is 0 Å². The first kappa shape index (κ1) is 11.1. The number of carbonyl (C=O) groups excluding carboxylic acids is 1. The number of methoxy groups -OCH3 is 2. The van der Waals surface area contributed by atoms with Gasteiger partial charge in [-0.1, -0.05) is 0 Å². The Morgan fingerprint density at radius 1 is 1.24 bits per heavy atom. The van der Waals surface area contributed by atoms with Gasteiger partial charge in [0.15, 0.2) is 0 Å². The van der Waals surface area contributed by atoms with Gasteiger partial charge in [0, 0.05) is 17.8 Å². The number of nitrogens with zero attached hydrogens (tertiary/aromatic N) is 2. The van der Waals surface area contributed by atoms with Crippen molar-refractivity contribution in [1.29, 1.82) is 0 Å². The lowest BCUT2D eigenvalue weighted by Crippen LogP contribution is -2.00. The van der Waals surface area contributed by atoms with Crippen LogP contribution in [0.4, 0.5) is 0 Å². The quantitative estimate of drug-likeness (QED) is 0.808. The molecule has 0 aliphatic carbocycles. The second-order valence-electron chi connectivity index (χ2n) is 3.23. The molecule has 0 saturated heterocycles. The first-order valence-electron chi connectivity index (χ1n) is 4.88. The summed E-state index contributed by atoms with van der Waals surface area (Å²) >= 11 is 0. The van der Waals surface area contributed by atoms with Gasteiger partial charge in [-0.25, -0.2) is 14.8 Å². The van der Waals surface area contributed by atoms with Crippen molar-refractivity contribution in [1.82, 2.24) is 15.0 Å². The molecule has 6 heteroatoms. The van der Waals surface area contributed by atoms with Crippen molar-refractivity contribution in [3.05, 3.63) is 30.2 Å². The van der Waals surface area contributed by atoms with Gasteiger partial charge in [0.05, 0.1) is 20.4 Å². The van der Waals surface area contributed by atoms with E-state index >= 15 is 0 Å². The highest BCUT2D eigenvalue weighted by atomic mass is 16.5. The molecule has 0 radical (unpaired) electrons. The molecule has 0 unspecified atom stereocenters. The maximum atomic E-state index is 11.2. The second kappa shape index (κ2) is 4.65. The first-order chi connectivity index (χ1) is 8.24. The van der Waals surface area contributed by atoms with Crippen LogP contribution in [0.25, 0.3) is 11.4 Å². The van der Waals surface area contributed by atoms with Gasteiger partial charge in [-0.05, 0) is 6.07 Å². The molecule has 17 heavy (non-hydrogen) atoms. The molecule has 6 nitrogen and oxygen atoms in total. The van der Waals surface area contributed by atoms with Gasteiger partial charge in [0.2, 0.25) is 5.88 Å². The highest BCUT2D eigenvalue weighted by Gasteiger charge is 2.10. The number of hydrogen-bond acceptors (Lipinski definition) is 5. The number of pyridine rings is 1. The molecule has 2 aromatic rings. The van der Waals surface area contributed by atoms with E-state index in [1.807, 2.05) is 0 Å². The number of H-pyrrole nitrogens is 1. The van der Waals surface area contributed by atoms with Crippen LogP contribution in [-0.2, 0) is 4.74 Å². The van der Waals surface area contributed by atoms with Crippen molar-refractivity contribution in [3.63, 3.8) is 0 Å². The van der Waals surface area contributed by atoms with Crippen molar-refractivity contribution < 1.29 is 14.3 Å². The Kier molecular flexibility index (Phi) is 3.04. The Morgan fingerprint density at radius 3 is 2.65 bits per heavy atom. The molecular weight excluding hydrogens is 222 g/mol. The highest BCUT2D eigenvalue weighted by Crippen LogP contribution is 2.17. The van der Waals surface area contributed by atoms with E-state index in [1.54, 1.807) is 25.4 Å². The summed E-state index contributed by atoms with van der Waals surface area (Å²) in [4.78, 5) is 22.2. The van der Waals surface area contributed by atoms with Crippen LogP contribution in [0.1, 0.15) is 10.5 Å². The molecule has 0 aliphatic heterocycles. The number of hydrogen-bond donors (Lipinski definition) is 1. The molecule has 88 valence electrons. The topological polar surface area (TPSA) is 77.1 Å². The molecule has 0 bridgehead atoms. The standard InChI is InChI=1S/C11H11N3O3/c1-16-9-4-3-7(5-12-9)10-13-6-8(14-10)11(15)17-2/h3-6H,1-2H3,(H,13,14). The van der Waals surface area contributed by atoms with Gasteiger partial charge in [-0.3, -0.25) is 0 Å². The SMILES string of the molecule is COC(=O)c1cnc(-c2ccc(OC)nc2)[nH]1. The lowest BCUT2D eigenvalue weighted by molar-refractivity contribution is 0.0595. The summed E-state index contributed by atoms with van der Waals surface area (Å²) in [7, 11) is 2.86. The van der Waals surface area contributed by atoms with Crippen LogP contribution in [-0.4, -0.2) is 35.1 Å². The number of aromatic nitrogens is 3. The van der Waals surface area contributed by atoms with Crippen molar-refractivity contribution in [2.45, 2.75) is 0 Å². The summed E-state index contributed by atoms with van der Waals surface area (Å²) < 4.78 is 9.53. The second-order valence-corrected chi connectivity index (χ2v) is 3.23. The summed E-state index contributed by atoms with van der Waals surface area (Å²) in [5.41, 5.74) is 1.07. The Bertz CT molecular complexity index is 519. The zero-order valence-electron chi connectivity index (χ0n) is 9.43. The smallest absolute Gasteiger partial charge is 0.356 e. The van der Waals surface area contributed by atoms with Crippen LogP contribution in [0.15, 0.2) is 24.5 Å². The van der Waals surface area contributed by atoms with E-state index in [2.05, 4.69) is 19.7 Å². The third-order valence-electron chi connectivity index (χ3n) is 2.20. The minimum Gasteiger partial charge on any atom is -0.481 e. The Labute approximate surface area is 97.6 Å². The minimum absolute atomic E-state index is 0.304. The third kappa shape index (κ3) is 2.25. The zero-order chi connectivity index (χ0) is 12.3. The summed E-state index contributed by atoms with van der Waals surface area (Å²) in [6, 6.07) is 3.52. The van der Waals surface area contributed by atoms with Gasteiger partial charge in [0.1, 0.15) is 11.5 Å². The molecule has 0 aromatic carbocycles. The van der Waals surface area contributed by atoms with E-state index in [9.17, 15) is 4.79 Å². The summed E-state index contributed by atoms with van der Waals surface area (Å²) in [6.45, 7) is 0. The summed E-state index contributed by atoms with van der Waals surface area (Å²) in [5.74, 6) is 0.624. The number of ether oxygens (including phenoxy) is 2. The lowest BCUT2D eigenvalue weighted by Gasteiger charge is -1.99. The largest absolute Gasteiger partial charge is 0.481 e. The predicted octanol–water partition coefficient (Wildman–Crippen LogP) is 1.27.